The summed E-state index contributed by atoms with van der Waals surface area (Å²) in [6.07, 6.45) is 7.91. The Labute approximate surface area is 228 Å². The number of nitrogens with zero attached hydrogens (tertiary/aromatic N) is 8. The lowest BCUT2D eigenvalue weighted by Gasteiger charge is -2.44. The summed E-state index contributed by atoms with van der Waals surface area (Å²) >= 11 is 0. The van der Waals surface area contributed by atoms with E-state index in [1.54, 1.807) is 15.6 Å². The van der Waals surface area contributed by atoms with Crippen molar-refractivity contribution in [3.05, 3.63) is 73.6 Å². The van der Waals surface area contributed by atoms with Crippen LogP contribution in [0.5, 0.6) is 17.2 Å². The first-order valence-electron chi connectivity index (χ1n) is 12.9. The van der Waals surface area contributed by atoms with Crippen LogP contribution in [-0.4, -0.2) is 72.6 Å². The predicted octanol–water partition coefficient (Wildman–Crippen LogP) is 3.51. The molecule has 200 valence electrons. The molecule has 6 heterocycles. The van der Waals surface area contributed by atoms with Gasteiger partial charge in [0.15, 0.2) is 17.2 Å². The number of carbonyl (C=O) groups excluding carboxylic acids is 1. The van der Waals surface area contributed by atoms with Crippen molar-refractivity contribution in [2.24, 2.45) is 0 Å². The van der Waals surface area contributed by atoms with E-state index in [-0.39, 0.29) is 11.9 Å². The van der Waals surface area contributed by atoms with Crippen molar-refractivity contribution in [3.63, 3.8) is 0 Å². The maximum absolute atomic E-state index is 12.1. The Morgan fingerprint density at radius 1 is 1.15 bits per heavy atom. The molecule has 1 fully saturated rings. The average molecular weight is 536 g/mol. The highest BCUT2D eigenvalue weighted by Crippen LogP contribution is 2.42. The number of pyridine rings is 2. The minimum Gasteiger partial charge on any atom is -0.487 e. The van der Waals surface area contributed by atoms with Crippen molar-refractivity contribution in [1.29, 1.82) is 0 Å². The third kappa shape index (κ3) is 4.10. The third-order valence-corrected chi connectivity index (χ3v) is 7.19. The number of ether oxygens (including phenoxy) is 2. The molecule has 1 atom stereocenters. The van der Waals surface area contributed by atoms with Gasteiger partial charge in [-0.15, -0.1) is 0 Å². The first-order chi connectivity index (χ1) is 19.6. The largest absolute Gasteiger partial charge is 0.487 e. The van der Waals surface area contributed by atoms with Crippen LogP contribution < -0.4 is 19.7 Å². The van der Waals surface area contributed by atoms with E-state index >= 15 is 0 Å². The average Bonchev–Trinajstić information content (AvgIpc) is 3.45. The minimum absolute atomic E-state index is 0.0109. The Kier molecular flexibility index (Phi) is 5.65. The second-order valence-electron chi connectivity index (χ2n) is 9.67. The van der Waals surface area contributed by atoms with Crippen LogP contribution in [0.1, 0.15) is 5.56 Å². The number of hydrogen-bond donors (Lipinski definition) is 1. The Hall–Kier alpha value is -5.26. The number of aryl methyl sites for hydroxylation is 1. The first kappa shape index (κ1) is 23.8. The first-order valence-corrected chi connectivity index (χ1v) is 12.9. The maximum atomic E-state index is 12.1. The molecule has 5 aromatic rings. The fourth-order valence-corrected chi connectivity index (χ4v) is 5.20. The number of nitrogens with one attached hydrogen (secondary N) is 1. The summed E-state index contributed by atoms with van der Waals surface area (Å²) in [7, 11) is 0. The fraction of sp³-hybridized carbons (Fsp3) is 0.214. The van der Waals surface area contributed by atoms with Crippen molar-refractivity contribution < 1.29 is 14.3 Å². The zero-order chi connectivity index (χ0) is 27.2. The Morgan fingerprint density at radius 3 is 2.95 bits per heavy atom. The second kappa shape index (κ2) is 9.49. The summed E-state index contributed by atoms with van der Waals surface area (Å²) in [6, 6.07) is 9.55. The van der Waals surface area contributed by atoms with E-state index in [4.69, 9.17) is 9.47 Å². The van der Waals surface area contributed by atoms with E-state index in [9.17, 15) is 4.79 Å². The molecule has 12 heteroatoms. The van der Waals surface area contributed by atoms with Crippen molar-refractivity contribution in [2.45, 2.75) is 13.0 Å². The van der Waals surface area contributed by atoms with Gasteiger partial charge in [0.1, 0.15) is 36.6 Å². The Bertz CT molecular complexity index is 1790. The van der Waals surface area contributed by atoms with Crippen LogP contribution in [0.2, 0.25) is 0 Å². The normalized spacial score (nSPS) is 16.3. The zero-order valence-corrected chi connectivity index (χ0v) is 21.7. The summed E-state index contributed by atoms with van der Waals surface area (Å²) in [6.45, 7) is 7.83. The molecule has 1 aromatic carbocycles. The van der Waals surface area contributed by atoms with Crippen LogP contribution in [-0.2, 0) is 4.79 Å². The quantitative estimate of drug-likeness (QED) is 0.335. The van der Waals surface area contributed by atoms with Crippen LogP contribution in [0, 0.1) is 6.92 Å². The minimum atomic E-state index is -0.0695. The molecule has 0 saturated carbocycles. The molecule has 1 N–H and O–H groups in total. The fourth-order valence-electron chi connectivity index (χ4n) is 5.20. The lowest BCUT2D eigenvalue weighted by molar-refractivity contribution is -0.127. The molecule has 12 nitrogen and oxygen atoms in total. The SMILES string of the molecule is C=CC(=O)N1CCN2c3ncc4ncnc(Nc5ccc(Oc6ccn7ncnc7c6)c(C)c5)c4c3OCC2C1. The van der Waals surface area contributed by atoms with E-state index in [0.29, 0.717) is 54.7 Å². The van der Waals surface area contributed by atoms with Gasteiger partial charge in [-0.25, -0.2) is 24.5 Å². The molecule has 0 aliphatic carbocycles. The van der Waals surface area contributed by atoms with Crippen LogP contribution in [0.15, 0.2) is 68.0 Å². The van der Waals surface area contributed by atoms with Crippen LogP contribution in [0.3, 0.4) is 0 Å². The van der Waals surface area contributed by atoms with E-state index < -0.39 is 0 Å². The van der Waals surface area contributed by atoms with Gasteiger partial charge in [0.2, 0.25) is 5.91 Å². The topological polar surface area (TPSA) is 123 Å². The van der Waals surface area contributed by atoms with Crippen molar-refractivity contribution in [2.75, 3.05) is 36.5 Å². The number of fused-ring (bicyclic) bond motifs is 6. The molecule has 0 bridgehead atoms. The number of amides is 1. The van der Waals surface area contributed by atoms with Gasteiger partial charge in [-0.3, -0.25) is 4.79 Å². The molecule has 2 aliphatic heterocycles. The van der Waals surface area contributed by atoms with Crippen LogP contribution in [0.4, 0.5) is 17.3 Å². The van der Waals surface area contributed by atoms with Gasteiger partial charge in [-0.2, -0.15) is 5.10 Å². The van der Waals surface area contributed by atoms with Crippen molar-refractivity contribution >= 4 is 39.8 Å². The predicted molar refractivity (Wildman–Crippen MR) is 148 cm³/mol. The third-order valence-electron chi connectivity index (χ3n) is 7.19. The van der Waals surface area contributed by atoms with E-state index in [0.717, 1.165) is 28.2 Å². The number of hydrogen-bond acceptors (Lipinski definition) is 10. The van der Waals surface area contributed by atoms with E-state index in [1.165, 1.54) is 18.7 Å². The molecule has 40 heavy (non-hydrogen) atoms. The van der Waals surface area contributed by atoms with E-state index in [1.807, 2.05) is 43.5 Å². The number of rotatable bonds is 5. The molecule has 0 radical (unpaired) electrons. The molecule has 4 aromatic heterocycles. The molecular weight excluding hydrogens is 510 g/mol. The zero-order valence-electron chi connectivity index (χ0n) is 21.7. The highest BCUT2D eigenvalue weighted by Gasteiger charge is 2.36. The summed E-state index contributed by atoms with van der Waals surface area (Å²) in [5.41, 5.74) is 3.17. The van der Waals surface area contributed by atoms with Gasteiger partial charge in [0.25, 0.3) is 0 Å². The molecule has 2 aliphatic rings. The van der Waals surface area contributed by atoms with Gasteiger partial charge in [-0.05, 0) is 42.8 Å². The molecule has 0 spiro atoms. The number of piperazine rings is 1. The van der Waals surface area contributed by atoms with Crippen molar-refractivity contribution in [1.82, 2.24) is 34.4 Å². The summed E-state index contributed by atoms with van der Waals surface area (Å²) in [5.74, 6) is 3.33. The molecular formula is C28H25N9O3. The lowest BCUT2D eigenvalue weighted by Crippen LogP contribution is -2.58. The monoisotopic (exact) mass is 535 g/mol. The van der Waals surface area contributed by atoms with Crippen LogP contribution >= 0.6 is 0 Å². The number of carbonyl (C=O) groups is 1. The Balaban J connectivity index is 1.16. The van der Waals surface area contributed by atoms with Gasteiger partial charge in [-0.1, -0.05) is 6.58 Å². The molecule has 7 rings (SSSR count). The van der Waals surface area contributed by atoms with Gasteiger partial charge < -0.3 is 24.6 Å². The van der Waals surface area contributed by atoms with Gasteiger partial charge in [0.05, 0.1) is 23.1 Å². The summed E-state index contributed by atoms with van der Waals surface area (Å²) in [5, 5.41) is 8.31. The number of anilines is 3. The van der Waals surface area contributed by atoms with Crippen LogP contribution in [0.25, 0.3) is 16.6 Å². The maximum Gasteiger partial charge on any atom is 0.246 e. The highest BCUT2D eigenvalue weighted by molar-refractivity contribution is 5.99. The van der Waals surface area contributed by atoms with Gasteiger partial charge in [0, 0.05) is 37.6 Å². The number of benzene rings is 1. The lowest BCUT2D eigenvalue weighted by atomic mass is 10.1. The highest BCUT2D eigenvalue weighted by atomic mass is 16.5. The number of aromatic nitrogens is 6. The molecule has 1 unspecified atom stereocenters. The van der Waals surface area contributed by atoms with E-state index in [2.05, 4.69) is 41.8 Å². The summed E-state index contributed by atoms with van der Waals surface area (Å²) in [4.78, 5) is 34.0. The smallest absolute Gasteiger partial charge is 0.246 e. The Morgan fingerprint density at radius 2 is 2.08 bits per heavy atom. The molecule has 1 amide bonds. The second-order valence-corrected chi connectivity index (χ2v) is 9.67. The van der Waals surface area contributed by atoms with Crippen molar-refractivity contribution in [3.8, 4) is 17.2 Å². The standard InChI is InChI=1S/C28H25N9O3/c1-3-24(38)35-8-9-36-19(13-35)14-39-26-25-21(12-29-28(26)36)30-15-32-27(25)34-18-4-5-22(17(2)10-18)40-20-6-7-37-23(11-20)31-16-33-37/h3-7,10-12,15-16,19H,1,8-9,13-14H2,2H3,(H,30,32,34). The molecule has 1 saturated heterocycles. The van der Waals surface area contributed by atoms with Gasteiger partial charge >= 0.3 is 0 Å². The summed E-state index contributed by atoms with van der Waals surface area (Å²) < 4.78 is 14.1.